The van der Waals surface area contributed by atoms with E-state index in [2.05, 4.69) is 12.2 Å². The van der Waals surface area contributed by atoms with Crippen LogP contribution in [0.4, 0.5) is 0 Å². The summed E-state index contributed by atoms with van der Waals surface area (Å²) in [5.74, 6) is 0.603. The highest BCUT2D eigenvalue weighted by Crippen LogP contribution is 2.27. The molecule has 15 heavy (non-hydrogen) atoms. The average Bonchev–Trinajstić information content (AvgIpc) is 2.65. The van der Waals surface area contributed by atoms with Gasteiger partial charge >= 0.3 is 5.97 Å². The van der Waals surface area contributed by atoms with E-state index in [-0.39, 0.29) is 12.1 Å². The summed E-state index contributed by atoms with van der Waals surface area (Å²) in [4.78, 5) is 11.3. The summed E-state index contributed by atoms with van der Waals surface area (Å²) in [6.45, 7) is 6.26. The molecule has 0 aliphatic heterocycles. The fourth-order valence-electron chi connectivity index (χ4n) is 2.17. The predicted molar refractivity (Wildman–Crippen MR) is 60.7 cm³/mol. The Balaban J connectivity index is 2.15. The Kier molecular flexibility index (Phi) is 5.09. The van der Waals surface area contributed by atoms with Crippen LogP contribution in [0.5, 0.6) is 0 Å². The predicted octanol–water partition coefficient (Wildman–Crippen LogP) is 2.11. The maximum Gasteiger partial charge on any atom is 0.320 e. The van der Waals surface area contributed by atoms with Gasteiger partial charge in [-0.15, -0.1) is 0 Å². The Labute approximate surface area is 92.6 Å². The Bertz CT molecular complexity index is 198. The van der Waals surface area contributed by atoms with E-state index >= 15 is 0 Å². The molecule has 1 aliphatic carbocycles. The maximum absolute atomic E-state index is 11.3. The molecule has 1 N–H and O–H groups in total. The molecule has 0 unspecified atom stereocenters. The van der Waals surface area contributed by atoms with E-state index in [1.54, 1.807) is 0 Å². The van der Waals surface area contributed by atoms with E-state index in [0.29, 0.717) is 12.6 Å². The maximum atomic E-state index is 11.3. The van der Waals surface area contributed by atoms with Crippen LogP contribution in [0.2, 0.25) is 0 Å². The van der Waals surface area contributed by atoms with Crippen LogP contribution in [0.1, 0.15) is 46.5 Å². The van der Waals surface area contributed by atoms with Gasteiger partial charge in [0.2, 0.25) is 0 Å². The van der Waals surface area contributed by atoms with Gasteiger partial charge in [0, 0.05) is 6.04 Å². The second-order valence-corrected chi connectivity index (χ2v) is 4.75. The first-order valence-corrected chi connectivity index (χ1v) is 6.02. The second-order valence-electron chi connectivity index (χ2n) is 4.75. The zero-order valence-electron chi connectivity index (χ0n) is 10.1. The normalized spacial score (nSPS) is 19.5. The fourth-order valence-corrected chi connectivity index (χ4v) is 2.17. The summed E-state index contributed by atoms with van der Waals surface area (Å²) in [6, 6.07) is 0.437. The monoisotopic (exact) mass is 213 g/mol. The first-order valence-electron chi connectivity index (χ1n) is 6.02. The van der Waals surface area contributed by atoms with Gasteiger partial charge in [-0.3, -0.25) is 4.79 Å². The minimum absolute atomic E-state index is 0.0129. The zero-order valence-corrected chi connectivity index (χ0v) is 10.1. The van der Waals surface area contributed by atoms with Crippen molar-refractivity contribution in [1.29, 1.82) is 0 Å². The van der Waals surface area contributed by atoms with Gasteiger partial charge in [-0.1, -0.05) is 12.8 Å². The molecule has 1 rings (SSSR count). The molecule has 0 aromatic carbocycles. The van der Waals surface area contributed by atoms with Crippen LogP contribution in [0.15, 0.2) is 0 Å². The molecular weight excluding hydrogens is 190 g/mol. The smallest absolute Gasteiger partial charge is 0.320 e. The molecule has 3 nitrogen and oxygen atoms in total. The van der Waals surface area contributed by atoms with Crippen LogP contribution in [0, 0.1) is 5.92 Å². The van der Waals surface area contributed by atoms with Crippen molar-refractivity contribution in [3.8, 4) is 0 Å². The third kappa shape index (κ3) is 4.65. The third-order valence-corrected chi connectivity index (χ3v) is 3.04. The minimum atomic E-state index is -0.144. The zero-order chi connectivity index (χ0) is 11.3. The molecule has 0 spiro atoms. The Morgan fingerprint density at radius 3 is 2.47 bits per heavy atom. The van der Waals surface area contributed by atoms with Gasteiger partial charge in [0.15, 0.2) is 0 Å². The molecule has 0 aromatic heterocycles. The van der Waals surface area contributed by atoms with Gasteiger partial charge < -0.3 is 10.1 Å². The summed E-state index contributed by atoms with van der Waals surface area (Å²) in [6.07, 6.45) is 5.27. The van der Waals surface area contributed by atoms with Gasteiger partial charge in [-0.25, -0.2) is 0 Å². The summed E-state index contributed by atoms with van der Waals surface area (Å²) in [7, 11) is 0. The van der Waals surface area contributed by atoms with Crippen molar-refractivity contribution in [2.45, 2.75) is 58.6 Å². The molecule has 1 fully saturated rings. The average molecular weight is 213 g/mol. The van der Waals surface area contributed by atoms with Crippen molar-refractivity contribution in [3.63, 3.8) is 0 Å². The highest BCUT2D eigenvalue weighted by Gasteiger charge is 2.21. The second kappa shape index (κ2) is 6.11. The summed E-state index contributed by atoms with van der Waals surface area (Å²) in [5.41, 5.74) is 0. The van der Waals surface area contributed by atoms with Crippen molar-refractivity contribution in [1.82, 2.24) is 5.32 Å². The molecule has 0 saturated heterocycles. The quantitative estimate of drug-likeness (QED) is 0.711. The fraction of sp³-hybridized carbons (Fsp3) is 0.917. The first kappa shape index (κ1) is 12.5. The first-order chi connectivity index (χ1) is 7.09. The van der Waals surface area contributed by atoms with Crippen molar-refractivity contribution in [3.05, 3.63) is 0 Å². The number of ether oxygens (including phenoxy) is 1. The van der Waals surface area contributed by atoms with Crippen molar-refractivity contribution in [2.75, 3.05) is 6.54 Å². The Morgan fingerprint density at radius 2 is 1.93 bits per heavy atom. The topological polar surface area (TPSA) is 38.3 Å². The third-order valence-electron chi connectivity index (χ3n) is 3.04. The molecule has 1 atom stereocenters. The molecule has 3 heteroatoms. The number of hydrogen-bond donors (Lipinski definition) is 1. The lowest BCUT2D eigenvalue weighted by atomic mass is 10.00. The number of esters is 1. The standard InChI is InChI=1S/C12H23NO2/c1-9(2)15-12(14)8-13-10(3)11-6-4-5-7-11/h9-11,13H,4-8H2,1-3H3/t10-/m1/s1. The van der Waals surface area contributed by atoms with Gasteiger partial charge in [0.1, 0.15) is 0 Å². The van der Waals surface area contributed by atoms with E-state index in [1.807, 2.05) is 13.8 Å². The van der Waals surface area contributed by atoms with Gasteiger partial charge in [0.25, 0.3) is 0 Å². The lowest BCUT2D eigenvalue weighted by Crippen LogP contribution is -2.37. The molecule has 0 heterocycles. The van der Waals surface area contributed by atoms with Crippen LogP contribution in [-0.2, 0) is 9.53 Å². The summed E-state index contributed by atoms with van der Waals surface area (Å²) in [5, 5.41) is 3.26. The molecule has 1 saturated carbocycles. The highest BCUT2D eigenvalue weighted by molar-refractivity contribution is 5.71. The van der Waals surface area contributed by atoms with Crippen LogP contribution in [-0.4, -0.2) is 24.7 Å². The Hall–Kier alpha value is -0.570. The van der Waals surface area contributed by atoms with Crippen LogP contribution in [0.25, 0.3) is 0 Å². The number of nitrogens with one attached hydrogen (secondary N) is 1. The van der Waals surface area contributed by atoms with Gasteiger partial charge in [-0.05, 0) is 39.5 Å². The van der Waals surface area contributed by atoms with Crippen LogP contribution < -0.4 is 5.32 Å². The van der Waals surface area contributed by atoms with Crippen LogP contribution in [0.3, 0.4) is 0 Å². The largest absolute Gasteiger partial charge is 0.462 e. The van der Waals surface area contributed by atoms with Crippen molar-refractivity contribution >= 4 is 5.97 Å². The SMILES string of the molecule is CC(C)OC(=O)CN[C@H](C)C1CCCC1. The number of rotatable bonds is 5. The van der Waals surface area contributed by atoms with E-state index in [4.69, 9.17) is 4.74 Å². The number of carbonyl (C=O) groups is 1. The summed E-state index contributed by atoms with van der Waals surface area (Å²) >= 11 is 0. The number of carbonyl (C=O) groups excluding carboxylic acids is 1. The molecule has 88 valence electrons. The molecular formula is C12H23NO2. The van der Waals surface area contributed by atoms with E-state index < -0.39 is 0 Å². The van der Waals surface area contributed by atoms with E-state index in [1.165, 1.54) is 25.7 Å². The lowest BCUT2D eigenvalue weighted by Gasteiger charge is -2.20. The molecule has 0 aromatic rings. The van der Waals surface area contributed by atoms with Crippen LogP contribution >= 0.6 is 0 Å². The highest BCUT2D eigenvalue weighted by atomic mass is 16.5. The van der Waals surface area contributed by atoms with Gasteiger partial charge in [0.05, 0.1) is 12.6 Å². The molecule has 0 amide bonds. The van der Waals surface area contributed by atoms with E-state index in [9.17, 15) is 4.79 Å². The Morgan fingerprint density at radius 1 is 1.33 bits per heavy atom. The van der Waals surface area contributed by atoms with Crippen molar-refractivity contribution < 1.29 is 9.53 Å². The summed E-state index contributed by atoms with van der Waals surface area (Å²) < 4.78 is 5.06. The van der Waals surface area contributed by atoms with E-state index in [0.717, 1.165) is 5.92 Å². The molecule has 0 bridgehead atoms. The molecule has 1 aliphatic rings. The van der Waals surface area contributed by atoms with Gasteiger partial charge in [-0.2, -0.15) is 0 Å². The van der Waals surface area contributed by atoms with Crippen molar-refractivity contribution in [2.24, 2.45) is 5.92 Å². The number of hydrogen-bond acceptors (Lipinski definition) is 3. The molecule has 0 radical (unpaired) electrons. The lowest BCUT2D eigenvalue weighted by molar-refractivity contribution is -0.146. The minimum Gasteiger partial charge on any atom is -0.462 e.